The van der Waals surface area contributed by atoms with Gasteiger partial charge in [-0.2, -0.15) is 0 Å². The Hall–Kier alpha value is -3.86. The molecule has 4 aliphatic rings. The first kappa shape index (κ1) is 31.7. The number of hydrogen-bond acceptors (Lipinski definition) is 7. The number of allylic oxidation sites excluding steroid dienone is 2. The smallest absolute Gasteiger partial charge is 0.254 e. The van der Waals surface area contributed by atoms with E-state index < -0.39 is 51.1 Å². The zero-order chi connectivity index (χ0) is 33.2. The Bertz CT molecular complexity index is 1840. The monoisotopic (exact) mass is 737 g/mol. The second kappa shape index (κ2) is 11.7. The number of benzene rings is 3. The normalized spacial score (nSPS) is 29.7. The highest BCUT2D eigenvalue weighted by atomic mass is 79.9. The minimum Gasteiger partial charge on any atom is -0.504 e. The number of imide groups is 2. The molecule has 242 valence electrons. The molecule has 3 fully saturated rings. The zero-order valence-electron chi connectivity index (χ0n) is 25.2. The largest absolute Gasteiger partial charge is 0.504 e. The van der Waals surface area contributed by atoms with Crippen LogP contribution in [0, 0.1) is 17.8 Å². The summed E-state index contributed by atoms with van der Waals surface area (Å²) in [5, 5.41) is 13.8. The van der Waals surface area contributed by atoms with E-state index in [9.17, 15) is 24.3 Å². The van der Waals surface area contributed by atoms with Crippen molar-refractivity contribution in [2.24, 2.45) is 17.8 Å². The molecule has 3 aromatic rings. The summed E-state index contributed by atoms with van der Waals surface area (Å²) >= 11 is 17.8. The minimum atomic E-state index is -1.94. The molecular formula is C35H30BrCl2N3O6. The van der Waals surface area contributed by atoms with Crippen LogP contribution in [0.2, 0.25) is 0 Å². The quantitative estimate of drug-likeness (QED) is 0.124. The van der Waals surface area contributed by atoms with Crippen LogP contribution in [0.15, 0.2) is 84.4 Å². The first-order valence-electron chi connectivity index (χ1n) is 15.3. The third kappa shape index (κ3) is 4.63. The minimum absolute atomic E-state index is 0.102. The van der Waals surface area contributed by atoms with E-state index in [1.807, 2.05) is 36.4 Å². The average molecular weight is 739 g/mol. The maximum atomic E-state index is 14.3. The number of para-hydroxylation sites is 1. The topological polar surface area (TPSA) is 116 Å². The molecule has 0 spiro atoms. The van der Waals surface area contributed by atoms with Crippen molar-refractivity contribution in [3.63, 3.8) is 0 Å². The summed E-state index contributed by atoms with van der Waals surface area (Å²) in [5.41, 5.74) is 3.17. The molecule has 6 unspecified atom stereocenters. The van der Waals surface area contributed by atoms with E-state index in [4.69, 9.17) is 27.9 Å². The highest BCUT2D eigenvalue weighted by Gasteiger charge is 2.76. The third-order valence-electron chi connectivity index (χ3n) is 9.82. The van der Waals surface area contributed by atoms with E-state index in [0.29, 0.717) is 16.8 Å². The van der Waals surface area contributed by atoms with Gasteiger partial charge in [-0.25, -0.2) is 0 Å². The van der Waals surface area contributed by atoms with Crippen LogP contribution in [0.25, 0.3) is 0 Å². The van der Waals surface area contributed by atoms with Crippen molar-refractivity contribution in [1.82, 2.24) is 4.90 Å². The van der Waals surface area contributed by atoms with Gasteiger partial charge in [-0.15, -0.1) is 23.2 Å². The number of amides is 4. The molecule has 2 aliphatic heterocycles. The second-order valence-electron chi connectivity index (χ2n) is 12.2. The predicted octanol–water partition coefficient (Wildman–Crippen LogP) is 6.45. The van der Waals surface area contributed by atoms with Gasteiger partial charge in [0, 0.05) is 17.3 Å². The molecule has 0 aromatic heterocycles. The van der Waals surface area contributed by atoms with Crippen molar-refractivity contribution in [2.45, 2.75) is 35.4 Å². The van der Waals surface area contributed by atoms with Crippen LogP contribution in [0.4, 0.5) is 17.1 Å². The molecule has 3 aromatic carbocycles. The van der Waals surface area contributed by atoms with Crippen LogP contribution in [0.5, 0.6) is 11.5 Å². The zero-order valence-corrected chi connectivity index (χ0v) is 28.3. The fourth-order valence-corrected chi connectivity index (χ4v) is 9.17. The lowest BCUT2D eigenvalue weighted by Gasteiger charge is -2.50. The Labute approximate surface area is 289 Å². The van der Waals surface area contributed by atoms with Gasteiger partial charge >= 0.3 is 0 Å². The number of nitrogens with one attached hydrogen (secondary N) is 1. The van der Waals surface area contributed by atoms with Gasteiger partial charge in [-0.1, -0.05) is 51.8 Å². The van der Waals surface area contributed by atoms with Gasteiger partial charge in [0.1, 0.15) is 0 Å². The van der Waals surface area contributed by atoms with Gasteiger partial charge in [0.2, 0.25) is 11.8 Å². The average Bonchev–Trinajstić information content (AvgIpc) is 3.40. The van der Waals surface area contributed by atoms with Gasteiger partial charge in [-0.05, 0) is 79.8 Å². The predicted molar refractivity (Wildman–Crippen MR) is 181 cm³/mol. The number of phenols is 1. The van der Waals surface area contributed by atoms with E-state index in [2.05, 4.69) is 21.2 Å². The van der Waals surface area contributed by atoms with Crippen molar-refractivity contribution >= 4 is 79.8 Å². The number of aromatic hydroxyl groups is 1. The summed E-state index contributed by atoms with van der Waals surface area (Å²) in [4.78, 5) is 54.4. The molecule has 9 nitrogen and oxygen atoms in total. The van der Waals surface area contributed by atoms with E-state index >= 15 is 0 Å². The van der Waals surface area contributed by atoms with E-state index in [-0.39, 0.29) is 42.3 Å². The number of alkyl halides is 3. The number of anilines is 3. The standard InChI is InChI=1S/C35H30BrCl2N3O6/c1-2-47-27-16-19(8-15-26(27)42)29-23-13-14-24-28(25(23)17-34(37)32(45)40(18-36)33(46)35(29,34)38)31(44)41(30(24)43)22-11-9-21(10-12-22)39-20-6-4-3-5-7-20/h3-13,15-16,24-25,28-29,39,42H,2,14,17-18H2,1H3. The maximum Gasteiger partial charge on any atom is 0.254 e. The second-order valence-corrected chi connectivity index (χ2v) is 13.9. The lowest BCUT2D eigenvalue weighted by molar-refractivity contribution is -0.138. The van der Waals surface area contributed by atoms with E-state index in [1.54, 1.807) is 43.3 Å². The number of phenolic OH excluding ortho intramolecular Hbond substituents is 1. The molecule has 2 aliphatic carbocycles. The van der Waals surface area contributed by atoms with Crippen LogP contribution < -0.4 is 15.0 Å². The summed E-state index contributed by atoms with van der Waals surface area (Å²) < 4.78 is 5.64. The van der Waals surface area contributed by atoms with Gasteiger partial charge in [0.05, 0.1) is 29.6 Å². The SMILES string of the molecule is CCOc1cc(C2C3=CCC4C(=O)N(c5ccc(Nc6ccccc6)cc5)C(=O)C4C3CC3(Cl)C(=O)N(CBr)C(=O)C23Cl)ccc1O. The number of carbonyl (C=O) groups is 4. The van der Waals surface area contributed by atoms with Crippen molar-refractivity contribution < 1.29 is 29.0 Å². The first-order chi connectivity index (χ1) is 22.5. The summed E-state index contributed by atoms with van der Waals surface area (Å²) in [6.07, 6.45) is 2.00. The van der Waals surface area contributed by atoms with Gasteiger partial charge in [0.25, 0.3) is 11.8 Å². The number of carbonyl (C=O) groups excluding carboxylic acids is 4. The Kier molecular flexibility index (Phi) is 7.88. The van der Waals surface area contributed by atoms with Crippen molar-refractivity contribution in [3.8, 4) is 11.5 Å². The van der Waals surface area contributed by atoms with E-state index in [1.165, 1.54) is 11.0 Å². The molecule has 47 heavy (non-hydrogen) atoms. The fourth-order valence-electron chi connectivity index (χ4n) is 7.74. The number of ether oxygens (including phenoxy) is 1. The van der Waals surface area contributed by atoms with Gasteiger partial charge in [-0.3, -0.25) is 29.0 Å². The molecule has 2 heterocycles. The van der Waals surface area contributed by atoms with Gasteiger partial charge < -0.3 is 15.2 Å². The lowest BCUT2D eigenvalue weighted by Crippen LogP contribution is -2.60. The highest BCUT2D eigenvalue weighted by Crippen LogP contribution is 2.65. The number of likely N-dealkylation sites (tertiary alicyclic amines) is 1. The molecule has 0 radical (unpaired) electrons. The maximum absolute atomic E-state index is 14.3. The first-order valence-corrected chi connectivity index (χ1v) is 17.2. The summed E-state index contributed by atoms with van der Waals surface area (Å²) in [5.74, 6) is -5.10. The van der Waals surface area contributed by atoms with Crippen LogP contribution in [-0.4, -0.2) is 55.4 Å². The molecule has 2 N–H and O–H groups in total. The Balaban J connectivity index is 1.28. The Morgan fingerprint density at radius 2 is 1.64 bits per heavy atom. The Morgan fingerprint density at radius 3 is 2.32 bits per heavy atom. The van der Waals surface area contributed by atoms with Crippen LogP contribution >= 0.6 is 39.1 Å². The molecule has 12 heteroatoms. The van der Waals surface area contributed by atoms with Crippen LogP contribution in [-0.2, 0) is 19.2 Å². The number of fused-ring (bicyclic) bond motifs is 4. The van der Waals surface area contributed by atoms with Crippen molar-refractivity contribution in [1.29, 1.82) is 0 Å². The fraction of sp³-hybridized carbons (Fsp3) is 0.314. The van der Waals surface area contributed by atoms with Gasteiger partial charge in [0.15, 0.2) is 21.2 Å². The number of halogens is 3. The van der Waals surface area contributed by atoms with Crippen LogP contribution in [0.3, 0.4) is 0 Å². The molecule has 6 atom stereocenters. The summed E-state index contributed by atoms with van der Waals surface area (Å²) in [6, 6.07) is 21.3. The molecule has 4 amide bonds. The molecule has 7 rings (SSSR count). The van der Waals surface area contributed by atoms with Crippen molar-refractivity contribution in [3.05, 3.63) is 90.0 Å². The number of rotatable bonds is 7. The molecule has 1 saturated carbocycles. The molecule has 0 bridgehead atoms. The number of hydrogen-bond donors (Lipinski definition) is 2. The van der Waals surface area contributed by atoms with E-state index in [0.717, 1.165) is 16.3 Å². The highest BCUT2D eigenvalue weighted by molar-refractivity contribution is 9.09. The van der Waals surface area contributed by atoms with Crippen LogP contribution in [0.1, 0.15) is 31.2 Å². The summed E-state index contributed by atoms with van der Waals surface area (Å²) in [7, 11) is 0. The Morgan fingerprint density at radius 1 is 0.936 bits per heavy atom. The molecule has 2 saturated heterocycles. The summed E-state index contributed by atoms with van der Waals surface area (Å²) in [6.45, 7) is 2.04. The third-order valence-corrected chi connectivity index (χ3v) is 11.7. The molecular weight excluding hydrogens is 709 g/mol. The van der Waals surface area contributed by atoms with Crippen molar-refractivity contribution in [2.75, 3.05) is 22.3 Å². The number of nitrogens with zero attached hydrogens (tertiary/aromatic N) is 2. The lowest BCUT2D eigenvalue weighted by atomic mass is 9.56.